The number of rotatable bonds is 9. The monoisotopic (exact) mass is 678 g/mol. The van der Waals surface area contributed by atoms with Crippen LogP contribution in [0.25, 0.3) is 0 Å². The highest BCUT2D eigenvalue weighted by molar-refractivity contribution is 6.04. The molecule has 3 aromatic carbocycles. The lowest BCUT2D eigenvalue weighted by Crippen LogP contribution is -2.43. The lowest BCUT2D eigenvalue weighted by molar-refractivity contribution is 0.0766. The normalized spacial score (nSPS) is 20.9. The van der Waals surface area contributed by atoms with Crippen molar-refractivity contribution in [2.45, 2.75) is 51.0 Å². The zero-order valence-electron chi connectivity index (χ0n) is 28.5. The number of nitrogens with one attached hydrogen (secondary N) is 1. The number of benzene rings is 3. The molecule has 3 saturated heterocycles. The van der Waals surface area contributed by atoms with Crippen LogP contribution in [0.15, 0.2) is 52.4 Å². The maximum absolute atomic E-state index is 13.3. The number of nitrogens with zero attached hydrogens (tertiary/aromatic N) is 5. The van der Waals surface area contributed by atoms with Crippen molar-refractivity contribution >= 4 is 41.3 Å². The minimum atomic E-state index is -0.0249. The second-order valence-electron chi connectivity index (χ2n) is 13.3. The summed E-state index contributed by atoms with van der Waals surface area (Å²) >= 11 is 0. The fourth-order valence-electron chi connectivity index (χ4n) is 7.58. The van der Waals surface area contributed by atoms with Gasteiger partial charge in [-0.15, -0.1) is 0 Å². The fraction of sp³-hybridized carbons (Fsp3) is 0.421. The van der Waals surface area contributed by atoms with E-state index in [1.165, 1.54) is 0 Å². The number of amides is 2. The summed E-state index contributed by atoms with van der Waals surface area (Å²) in [5, 5.41) is 3.43. The fourth-order valence-corrected chi connectivity index (χ4v) is 7.58. The predicted octanol–water partition coefficient (Wildman–Crippen LogP) is 4.91. The highest BCUT2D eigenvalue weighted by atomic mass is 16.5. The van der Waals surface area contributed by atoms with Crippen molar-refractivity contribution in [1.29, 1.82) is 0 Å². The van der Waals surface area contributed by atoms with E-state index in [1.54, 1.807) is 38.5 Å². The van der Waals surface area contributed by atoms with Crippen molar-refractivity contribution in [3.8, 4) is 23.0 Å². The molecule has 5 aliphatic rings. The minimum absolute atomic E-state index is 0.0249. The standard InChI is InChI=1S/C38H42N6O6/c1-47-33-16-29-31(40-20-26-5-3-9-43(26)37(29)45)18-35(33)49-22-24-13-25(15-28(14-24)42-11-7-39-8-12-42)23-50-36-19-32-30(17-34(36)48-2)38(46)44-10-4-6-27(44)21-41-32/h13-21,26-27,39H,3-12,22-23H2,1-2H3/t26-,27-/m0/s1. The third-order valence-electron chi connectivity index (χ3n) is 10.2. The molecule has 12 nitrogen and oxygen atoms in total. The molecule has 1 N–H and O–H groups in total. The van der Waals surface area contributed by atoms with Crippen LogP contribution in [0.3, 0.4) is 0 Å². The molecule has 3 fully saturated rings. The van der Waals surface area contributed by atoms with Crippen LogP contribution in [0.5, 0.6) is 23.0 Å². The van der Waals surface area contributed by atoms with Crippen molar-refractivity contribution in [3.05, 3.63) is 64.7 Å². The molecule has 12 heteroatoms. The Bertz CT molecular complexity index is 1750. The molecular formula is C38H42N6O6. The van der Waals surface area contributed by atoms with Gasteiger partial charge >= 0.3 is 0 Å². The average molecular weight is 679 g/mol. The Morgan fingerprint density at radius 2 is 1.16 bits per heavy atom. The largest absolute Gasteiger partial charge is 0.493 e. The molecule has 5 aliphatic heterocycles. The molecule has 8 rings (SSSR count). The smallest absolute Gasteiger partial charge is 0.256 e. The van der Waals surface area contributed by atoms with E-state index >= 15 is 0 Å². The number of anilines is 1. The predicted molar refractivity (Wildman–Crippen MR) is 191 cm³/mol. The van der Waals surface area contributed by atoms with E-state index in [0.29, 0.717) is 45.5 Å². The number of aliphatic imine (C=N–C) groups is 2. The summed E-state index contributed by atoms with van der Waals surface area (Å²) in [5.74, 6) is 1.97. The maximum atomic E-state index is 13.3. The van der Waals surface area contributed by atoms with Crippen LogP contribution in [-0.4, -0.2) is 99.6 Å². The molecule has 0 bridgehead atoms. The molecule has 0 aliphatic carbocycles. The first-order valence-corrected chi connectivity index (χ1v) is 17.5. The van der Waals surface area contributed by atoms with E-state index in [9.17, 15) is 9.59 Å². The van der Waals surface area contributed by atoms with Gasteiger partial charge in [0.25, 0.3) is 11.8 Å². The number of piperazine rings is 1. The Balaban J connectivity index is 1.05. The van der Waals surface area contributed by atoms with Crippen molar-refractivity contribution in [1.82, 2.24) is 15.1 Å². The summed E-state index contributed by atoms with van der Waals surface area (Å²) in [4.78, 5) is 42.2. The van der Waals surface area contributed by atoms with Gasteiger partial charge in [0.1, 0.15) is 13.2 Å². The van der Waals surface area contributed by atoms with Crippen LogP contribution in [0.2, 0.25) is 0 Å². The molecule has 0 aromatic heterocycles. The molecule has 2 amide bonds. The van der Waals surface area contributed by atoms with Gasteiger partial charge in [-0.25, -0.2) is 0 Å². The first-order valence-electron chi connectivity index (χ1n) is 17.5. The molecule has 0 unspecified atom stereocenters. The van der Waals surface area contributed by atoms with E-state index in [0.717, 1.165) is 81.8 Å². The van der Waals surface area contributed by atoms with Gasteiger partial charge in [0.2, 0.25) is 0 Å². The topological polar surface area (TPSA) is 118 Å². The van der Waals surface area contributed by atoms with Crippen LogP contribution in [0.4, 0.5) is 17.1 Å². The number of fused-ring (bicyclic) bond motifs is 4. The quantitative estimate of drug-likeness (QED) is 0.340. The summed E-state index contributed by atoms with van der Waals surface area (Å²) in [7, 11) is 3.17. The van der Waals surface area contributed by atoms with E-state index in [2.05, 4.69) is 38.4 Å². The number of hydrogen-bond acceptors (Lipinski definition) is 10. The first kappa shape index (κ1) is 32.1. The van der Waals surface area contributed by atoms with Crippen LogP contribution >= 0.6 is 0 Å². The lowest BCUT2D eigenvalue weighted by Gasteiger charge is -2.30. The van der Waals surface area contributed by atoms with E-state index in [-0.39, 0.29) is 37.1 Å². The van der Waals surface area contributed by atoms with Crippen molar-refractivity contribution < 1.29 is 28.5 Å². The van der Waals surface area contributed by atoms with Crippen molar-refractivity contribution in [2.75, 3.05) is 58.4 Å². The number of ether oxygens (including phenoxy) is 4. The Hall–Kier alpha value is -5.10. The maximum Gasteiger partial charge on any atom is 0.256 e. The summed E-state index contributed by atoms with van der Waals surface area (Å²) in [6, 6.07) is 13.5. The van der Waals surface area contributed by atoms with Gasteiger partial charge in [-0.1, -0.05) is 0 Å². The lowest BCUT2D eigenvalue weighted by atomic mass is 10.1. The van der Waals surface area contributed by atoms with Gasteiger partial charge in [0.05, 0.1) is 48.8 Å². The van der Waals surface area contributed by atoms with Gasteiger partial charge in [0.15, 0.2) is 23.0 Å². The summed E-state index contributed by atoms with van der Waals surface area (Å²) in [6.07, 6.45) is 7.55. The zero-order valence-corrected chi connectivity index (χ0v) is 28.5. The molecule has 3 aromatic rings. The van der Waals surface area contributed by atoms with Gasteiger partial charge in [-0.05, 0) is 67.1 Å². The molecule has 50 heavy (non-hydrogen) atoms. The second kappa shape index (κ2) is 13.7. The molecule has 0 radical (unpaired) electrons. The highest BCUT2D eigenvalue weighted by Crippen LogP contribution is 2.40. The van der Waals surface area contributed by atoms with Gasteiger partial charge < -0.3 is 39.0 Å². The van der Waals surface area contributed by atoms with Crippen LogP contribution in [0.1, 0.15) is 57.5 Å². The average Bonchev–Trinajstić information content (AvgIpc) is 3.79. The second-order valence-corrected chi connectivity index (χ2v) is 13.3. The van der Waals surface area contributed by atoms with E-state index in [4.69, 9.17) is 18.9 Å². The zero-order chi connectivity index (χ0) is 34.2. The number of carbonyl (C=O) groups excluding carboxylic acids is 2. The SMILES string of the molecule is COc1cc2c(cc1OCc1cc(COc3cc4c(cc3OC)C(=O)N3CCC[C@H]3C=N4)cc(N3CCNCC3)c1)N=C[C@@H]1CCCN1C2=O. The molecule has 2 atom stereocenters. The molecule has 0 saturated carbocycles. The number of hydrogen-bond donors (Lipinski definition) is 1. The van der Waals surface area contributed by atoms with Gasteiger partial charge in [-0.2, -0.15) is 0 Å². The first-order chi connectivity index (χ1) is 24.5. The minimum Gasteiger partial charge on any atom is -0.493 e. The molecular weight excluding hydrogens is 636 g/mol. The third kappa shape index (κ3) is 6.12. The Morgan fingerprint density at radius 3 is 1.64 bits per heavy atom. The summed E-state index contributed by atoms with van der Waals surface area (Å²) in [5.41, 5.74) is 5.23. The Labute approximate surface area is 291 Å². The van der Waals surface area contributed by atoms with Crippen molar-refractivity contribution in [2.24, 2.45) is 9.98 Å². The Morgan fingerprint density at radius 1 is 0.660 bits per heavy atom. The van der Waals surface area contributed by atoms with Gasteiger partial charge in [-0.3, -0.25) is 19.6 Å². The van der Waals surface area contributed by atoms with Gasteiger partial charge in [0, 0.05) is 69.5 Å². The molecule has 5 heterocycles. The van der Waals surface area contributed by atoms with E-state index in [1.807, 2.05) is 22.2 Å². The van der Waals surface area contributed by atoms with Crippen LogP contribution in [-0.2, 0) is 13.2 Å². The third-order valence-corrected chi connectivity index (χ3v) is 10.2. The molecule has 260 valence electrons. The number of carbonyl (C=O) groups is 2. The van der Waals surface area contributed by atoms with E-state index < -0.39 is 0 Å². The summed E-state index contributed by atoms with van der Waals surface area (Å²) < 4.78 is 24.2. The summed E-state index contributed by atoms with van der Waals surface area (Å²) in [6.45, 7) is 5.58. The highest BCUT2D eigenvalue weighted by Gasteiger charge is 2.34. The van der Waals surface area contributed by atoms with Crippen LogP contribution < -0.4 is 29.2 Å². The van der Waals surface area contributed by atoms with Crippen LogP contribution in [0, 0.1) is 0 Å². The van der Waals surface area contributed by atoms with Crippen molar-refractivity contribution in [3.63, 3.8) is 0 Å². The number of methoxy groups -OCH3 is 2. The molecule has 0 spiro atoms. The Kier molecular flexibility index (Phi) is 8.78.